The summed E-state index contributed by atoms with van der Waals surface area (Å²) in [5.41, 5.74) is 1.84. The maximum atomic E-state index is 12.4. The molecule has 2 aromatic carbocycles. The number of benzene rings is 2. The molecule has 0 aromatic heterocycles. The van der Waals surface area contributed by atoms with Crippen molar-refractivity contribution in [2.75, 3.05) is 12.4 Å². The maximum absolute atomic E-state index is 12.4. The molecule has 0 spiro atoms. The second-order valence-electron chi connectivity index (χ2n) is 5.58. The van der Waals surface area contributed by atoms with E-state index in [0.717, 1.165) is 5.56 Å². The summed E-state index contributed by atoms with van der Waals surface area (Å²) in [6, 6.07) is 15.6. The number of nitrogens with one attached hydrogen (secondary N) is 3. The third-order valence-electron chi connectivity index (χ3n) is 3.60. The van der Waals surface area contributed by atoms with Gasteiger partial charge >= 0.3 is 0 Å². The van der Waals surface area contributed by atoms with Gasteiger partial charge < -0.3 is 16.0 Å². The van der Waals surface area contributed by atoms with Crippen LogP contribution in [-0.4, -0.2) is 24.8 Å². The zero-order chi connectivity index (χ0) is 18.2. The Kier molecular flexibility index (Phi) is 6.28. The lowest BCUT2D eigenvalue weighted by molar-refractivity contribution is -0.120. The molecule has 0 aliphatic rings. The Labute approximate surface area is 146 Å². The Hall–Kier alpha value is -3.15. The normalized spacial score (nSPS) is 11.3. The number of hydrogen-bond donors (Lipinski definition) is 3. The highest BCUT2D eigenvalue weighted by molar-refractivity contribution is 5.97. The number of carbonyl (C=O) groups excluding carboxylic acids is 3. The van der Waals surface area contributed by atoms with Crippen LogP contribution in [0.4, 0.5) is 5.69 Å². The molecule has 0 heterocycles. The van der Waals surface area contributed by atoms with Gasteiger partial charge in [0.15, 0.2) is 0 Å². The fourth-order valence-corrected chi connectivity index (χ4v) is 2.46. The summed E-state index contributed by atoms with van der Waals surface area (Å²) < 4.78 is 0. The molecule has 0 aliphatic carbocycles. The lowest BCUT2D eigenvalue weighted by Gasteiger charge is -2.18. The lowest BCUT2D eigenvalue weighted by atomic mass is 10.0. The van der Waals surface area contributed by atoms with E-state index in [1.807, 2.05) is 30.3 Å². The van der Waals surface area contributed by atoms with Gasteiger partial charge in [-0.3, -0.25) is 14.4 Å². The smallest absolute Gasteiger partial charge is 0.251 e. The highest BCUT2D eigenvalue weighted by Gasteiger charge is 2.17. The van der Waals surface area contributed by atoms with Crippen LogP contribution in [0.1, 0.15) is 35.3 Å². The molecule has 6 nitrogen and oxygen atoms in total. The average molecular weight is 339 g/mol. The molecule has 0 saturated heterocycles. The Bertz CT molecular complexity index is 760. The molecule has 0 radical (unpaired) electrons. The standard InChI is InChI=1S/C19H21N3O3/c1-13(23)21-17(14-7-4-3-5-8-14)12-18(24)22-16-10-6-9-15(11-16)19(25)20-2/h3-11,17H,12H2,1-2H3,(H,20,25)(H,21,23)(H,22,24). The Morgan fingerprint density at radius 2 is 1.72 bits per heavy atom. The molecule has 0 bridgehead atoms. The molecule has 0 aliphatic heterocycles. The molecule has 3 N–H and O–H groups in total. The van der Waals surface area contributed by atoms with Crippen molar-refractivity contribution in [1.82, 2.24) is 10.6 Å². The predicted octanol–water partition coefficient (Wildman–Crippen LogP) is 2.25. The summed E-state index contributed by atoms with van der Waals surface area (Å²) in [6.45, 7) is 1.42. The second-order valence-corrected chi connectivity index (χ2v) is 5.58. The van der Waals surface area contributed by atoms with E-state index in [-0.39, 0.29) is 24.1 Å². The van der Waals surface area contributed by atoms with Crippen LogP contribution < -0.4 is 16.0 Å². The molecule has 6 heteroatoms. The van der Waals surface area contributed by atoms with Gasteiger partial charge in [-0.25, -0.2) is 0 Å². The Morgan fingerprint density at radius 3 is 2.36 bits per heavy atom. The first-order valence-corrected chi connectivity index (χ1v) is 7.93. The summed E-state index contributed by atoms with van der Waals surface area (Å²) >= 11 is 0. The molecule has 0 saturated carbocycles. The van der Waals surface area contributed by atoms with Crippen molar-refractivity contribution in [2.45, 2.75) is 19.4 Å². The maximum Gasteiger partial charge on any atom is 0.251 e. The SMILES string of the molecule is CNC(=O)c1cccc(NC(=O)CC(NC(C)=O)c2ccccc2)c1. The van der Waals surface area contributed by atoms with E-state index in [4.69, 9.17) is 0 Å². The number of hydrogen-bond acceptors (Lipinski definition) is 3. The molecule has 0 fully saturated rings. The van der Waals surface area contributed by atoms with Crippen LogP contribution in [0.15, 0.2) is 54.6 Å². The van der Waals surface area contributed by atoms with E-state index in [0.29, 0.717) is 11.3 Å². The monoisotopic (exact) mass is 339 g/mol. The molecule has 25 heavy (non-hydrogen) atoms. The van der Waals surface area contributed by atoms with Gasteiger partial charge in [-0.2, -0.15) is 0 Å². The van der Waals surface area contributed by atoms with Crippen molar-refractivity contribution in [1.29, 1.82) is 0 Å². The van der Waals surface area contributed by atoms with Crippen molar-refractivity contribution in [3.63, 3.8) is 0 Å². The van der Waals surface area contributed by atoms with Gasteiger partial charge in [-0.15, -0.1) is 0 Å². The second kappa shape index (κ2) is 8.63. The van der Waals surface area contributed by atoms with Crippen molar-refractivity contribution in [3.05, 3.63) is 65.7 Å². The number of anilines is 1. The molecule has 1 unspecified atom stereocenters. The van der Waals surface area contributed by atoms with Crippen molar-refractivity contribution in [2.24, 2.45) is 0 Å². The molecular weight excluding hydrogens is 318 g/mol. The van der Waals surface area contributed by atoms with Crippen LogP contribution in [0.3, 0.4) is 0 Å². The highest BCUT2D eigenvalue weighted by Crippen LogP contribution is 2.18. The molecule has 3 amide bonds. The minimum atomic E-state index is -0.416. The molecule has 130 valence electrons. The van der Waals surface area contributed by atoms with Crippen LogP contribution >= 0.6 is 0 Å². The summed E-state index contributed by atoms with van der Waals surface area (Å²) in [6.07, 6.45) is 0.0911. The fourth-order valence-electron chi connectivity index (χ4n) is 2.46. The fraction of sp³-hybridized carbons (Fsp3) is 0.211. The van der Waals surface area contributed by atoms with E-state index in [1.54, 1.807) is 31.3 Å². The van der Waals surface area contributed by atoms with Crippen LogP contribution in [0, 0.1) is 0 Å². The van der Waals surface area contributed by atoms with Crippen LogP contribution in [0.2, 0.25) is 0 Å². The van der Waals surface area contributed by atoms with Crippen LogP contribution in [0.25, 0.3) is 0 Å². The minimum absolute atomic E-state index is 0.0911. The summed E-state index contributed by atoms with van der Waals surface area (Å²) in [5.74, 6) is -0.684. The average Bonchev–Trinajstić information content (AvgIpc) is 2.61. The third kappa shape index (κ3) is 5.46. The van der Waals surface area contributed by atoms with Gasteiger partial charge in [0.2, 0.25) is 11.8 Å². The summed E-state index contributed by atoms with van der Waals surface area (Å²) in [4.78, 5) is 35.5. The third-order valence-corrected chi connectivity index (χ3v) is 3.60. The zero-order valence-electron chi connectivity index (χ0n) is 14.2. The van der Waals surface area contributed by atoms with Gasteiger partial charge in [0.1, 0.15) is 0 Å². The first-order valence-electron chi connectivity index (χ1n) is 7.93. The van der Waals surface area contributed by atoms with Gasteiger partial charge in [-0.1, -0.05) is 36.4 Å². The predicted molar refractivity (Wildman–Crippen MR) is 96.1 cm³/mol. The summed E-state index contributed by atoms with van der Waals surface area (Å²) in [5, 5.41) is 8.09. The Morgan fingerprint density at radius 1 is 1.00 bits per heavy atom. The minimum Gasteiger partial charge on any atom is -0.355 e. The largest absolute Gasteiger partial charge is 0.355 e. The van der Waals surface area contributed by atoms with E-state index < -0.39 is 6.04 Å². The van der Waals surface area contributed by atoms with Gasteiger partial charge in [0.25, 0.3) is 5.91 Å². The van der Waals surface area contributed by atoms with Gasteiger partial charge in [-0.05, 0) is 23.8 Å². The highest BCUT2D eigenvalue weighted by atomic mass is 16.2. The molecule has 1 atom stereocenters. The van der Waals surface area contributed by atoms with Crippen LogP contribution in [0.5, 0.6) is 0 Å². The van der Waals surface area contributed by atoms with Crippen molar-refractivity contribution < 1.29 is 14.4 Å². The van der Waals surface area contributed by atoms with E-state index in [1.165, 1.54) is 6.92 Å². The van der Waals surface area contributed by atoms with Crippen molar-refractivity contribution >= 4 is 23.4 Å². The van der Waals surface area contributed by atoms with E-state index in [9.17, 15) is 14.4 Å². The summed E-state index contributed by atoms with van der Waals surface area (Å²) in [7, 11) is 1.55. The molecular formula is C19H21N3O3. The number of carbonyl (C=O) groups is 3. The van der Waals surface area contributed by atoms with Crippen molar-refractivity contribution in [3.8, 4) is 0 Å². The number of amides is 3. The zero-order valence-corrected chi connectivity index (χ0v) is 14.2. The quantitative estimate of drug-likeness (QED) is 0.754. The molecule has 2 rings (SSSR count). The number of rotatable bonds is 6. The van der Waals surface area contributed by atoms with Gasteiger partial charge in [0.05, 0.1) is 12.5 Å². The van der Waals surface area contributed by atoms with Gasteiger partial charge in [0, 0.05) is 25.2 Å². The topological polar surface area (TPSA) is 87.3 Å². The van der Waals surface area contributed by atoms with E-state index >= 15 is 0 Å². The molecule has 2 aromatic rings. The Balaban J connectivity index is 2.09. The lowest BCUT2D eigenvalue weighted by Crippen LogP contribution is -2.29. The van der Waals surface area contributed by atoms with Crippen LogP contribution in [-0.2, 0) is 9.59 Å². The van der Waals surface area contributed by atoms with E-state index in [2.05, 4.69) is 16.0 Å². The first-order chi connectivity index (χ1) is 12.0. The first kappa shape index (κ1) is 18.2.